The van der Waals surface area contributed by atoms with Gasteiger partial charge in [-0.1, -0.05) is 30.3 Å². The first-order chi connectivity index (χ1) is 6.74. The molecule has 2 heteroatoms. The van der Waals surface area contributed by atoms with Gasteiger partial charge in [-0.15, -0.1) is 0 Å². The van der Waals surface area contributed by atoms with Crippen LogP contribution in [0.1, 0.15) is 19.4 Å². The Labute approximate surface area is 84.5 Å². The molecule has 72 valence electrons. The van der Waals surface area contributed by atoms with Gasteiger partial charge in [0.2, 0.25) is 0 Å². The maximum atomic E-state index is 7.40. The zero-order valence-corrected chi connectivity index (χ0v) is 8.49. The lowest BCUT2D eigenvalue weighted by Gasteiger charge is -2.00. The van der Waals surface area contributed by atoms with Crippen molar-refractivity contribution >= 4 is 17.6 Å². The van der Waals surface area contributed by atoms with Gasteiger partial charge in [-0.05, 0) is 19.9 Å². The van der Waals surface area contributed by atoms with E-state index in [2.05, 4.69) is 4.99 Å². The summed E-state index contributed by atoms with van der Waals surface area (Å²) in [5, 5.41) is 7.40. The van der Waals surface area contributed by atoms with E-state index < -0.39 is 0 Å². The standard InChI is InChI=1S/C12H14N2/c1-3-14-12(9-10(2)13)11-7-5-4-6-8-11/h3-9,13H,1-2H3/b12-9-,13-10?,14-3?. The van der Waals surface area contributed by atoms with E-state index in [4.69, 9.17) is 5.41 Å². The summed E-state index contributed by atoms with van der Waals surface area (Å²) in [7, 11) is 0. The zero-order chi connectivity index (χ0) is 10.4. The Kier molecular flexibility index (Phi) is 3.80. The first kappa shape index (κ1) is 10.4. The summed E-state index contributed by atoms with van der Waals surface area (Å²) >= 11 is 0. The summed E-state index contributed by atoms with van der Waals surface area (Å²) in [6.45, 7) is 3.62. The van der Waals surface area contributed by atoms with Gasteiger partial charge >= 0.3 is 0 Å². The van der Waals surface area contributed by atoms with Gasteiger partial charge in [0.25, 0.3) is 0 Å². The largest absolute Gasteiger partial charge is 0.306 e. The Balaban J connectivity index is 3.07. The zero-order valence-electron chi connectivity index (χ0n) is 8.49. The minimum Gasteiger partial charge on any atom is -0.306 e. The van der Waals surface area contributed by atoms with Crippen molar-refractivity contribution < 1.29 is 0 Å². The molecule has 1 rings (SSSR count). The highest BCUT2D eigenvalue weighted by Gasteiger charge is 1.97. The normalized spacial score (nSPS) is 12.0. The van der Waals surface area contributed by atoms with Gasteiger partial charge in [-0.3, -0.25) is 4.99 Å². The van der Waals surface area contributed by atoms with Gasteiger partial charge in [0.1, 0.15) is 0 Å². The summed E-state index contributed by atoms with van der Waals surface area (Å²) in [5.74, 6) is 0. The fourth-order valence-electron chi connectivity index (χ4n) is 1.15. The lowest BCUT2D eigenvalue weighted by atomic mass is 10.1. The number of allylic oxidation sites excluding steroid dienone is 1. The van der Waals surface area contributed by atoms with Crippen LogP contribution in [0.2, 0.25) is 0 Å². The highest BCUT2D eigenvalue weighted by atomic mass is 14.7. The number of hydrogen-bond acceptors (Lipinski definition) is 2. The molecule has 1 aromatic rings. The van der Waals surface area contributed by atoms with Crippen LogP contribution in [0.5, 0.6) is 0 Å². The quantitative estimate of drug-likeness (QED) is 0.704. The molecule has 0 unspecified atom stereocenters. The topological polar surface area (TPSA) is 36.2 Å². The molecular weight excluding hydrogens is 172 g/mol. The van der Waals surface area contributed by atoms with Crippen LogP contribution in [0.4, 0.5) is 0 Å². The second kappa shape index (κ2) is 5.12. The molecular formula is C12H14N2. The minimum atomic E-state index is 0.509. The number of hydrogen-bond donors (Lipinski definition) is 1. The second-order valence-electron chi connectivity index (χ2n) is 2.97. The number of rotatable bonds is 3. The summed E-state index contributed by atoms with van der Waals surface area (Å²) in [5.41, 5.74) is 2.38. The van der Waals surface area contributed by atoms with Crippen LogP contribution in [0, 0.1) is 5.41 Å². The van der Waals surface area contributed by atoms with E-state index in [9.17, 15) is 0 Å². The second-order valence-corrected chi connectivity index (χ2v) is 2.97. The fraction of sp³-hybridized carbons (Fsp3) is 0.167. The van der Waals surface area contributed by atoms with Crippen LogP contribution in [-0.4, -0.2) is 11.9 Å². The molecule has 0 radical (unpaired) electrons. The number of nitrogens with one attached hydrogen (secondary N) is 1. The van der Waals surface area contributed by atoms with Crippen LogP contribution in [0.25, 0.3) is 5.70 Å². The molecule has 1 aromatic carbocycles. The predicted molar refractivity (Wildman–Crippen MR) is 62.0 cm³/mol. The summed E-state index contributed by atoms with van der Waals surface area (Å²) in [6.07, 6.45) is 3.50. The average Bonchev–Trinajstić information content (AvgIpc) is 2.18. The van der Waals surface area contributed by atoms with E-state index in [0.29, 0.717) is 5.71 Å². The van der Waals surface area contributed by atoms with Crippen molar-refractivity contribution in [2.45, 2.75) is 13.8 Å². The Morgan fingerprint density at radius 3 is 2.43 bits per heavy atom. The molecule has 0 aliphatic carbocycles. The number of benzene rings is 1. The van der Waals surface area contributed by atoms with Crippen LogP contribution in [0.3, 0.4) is 0 Å². The monoisotopic (exact) mass is 186 g/mol. The minimum absolute atomic E-state index is 0.509. The molecule has 2 nitrogen and oxygen atoms in total. The van der Waals surface area contributed by atoms with E-state index in [1.165, 1.54) is 0 Å². The molecule has 0 spiro atoms. The molecule has 0 saturated heterocycles. The van der Waals surface area contributed by atoms with Crippen molar-refractivity contribution in [2.24, 2.45) is 4.99 Å². The van der Waals surface area contributed by atoms with Gasteiger partial charge in [-0.25, -0.2) is 0 Å². The molecule has 0 bridgehead atoms. The lowest BCUT2D eigenvalue weighted by molar-refractivity contribution is 1.47. The van der Waals surface area contributed by atoms with Crippen molar-refractivity contribution in [3.05, 3.63) is 42.0 Å². The maximum Gasteiger partial charge on any atom is 0.0715 e. The van der Waals surface area contributed by atoms with Gasteiger partial charge in [-0.2, -0.15) is 0 Å². The maximum absolute atomic E-state index is 7.40. The van der Waals surface area contributed by atoms with E-state index in [1.54, 1.807) is 19.2 Å². The molecule has 0 fully saturated rings. The summed E-state index contributed by atoms with van der Waals surface area (Å²) in [4.78, 5) is 4.23. The third-order valence-corrected chi connectivity index (χ3v) is 1.69. The predicted octanol–water partition coefficient (Wildman–Crippen LogP) is 3.16. The smallest absolute Gasteiger partial charge is 0.0715 e. The first-order valence-electron chi connectivity index (χ1n) is 4.55. The molecule has 14 heavy (non-hydrogen) atoms. The summed E-state index contributed by atoms with van der Waals surface area (Å²) in [6, 6.07) is 9.87. The Bertz CT molecular complexity index is 361. The molecule has 0 aromatic heterocycles. The highest BCUT2D eigenvalue weighted by Crippen LogP contribution is 2.14. The van der Waals surface area contributed by atoms with Gasteiger partial charge < -0.3 is 5.41 Å². The van der Waals surface area contributed by atoms with Crippen LogP contribution in [-0.2, 0) is 0 Å². The van der Waals surface area contributed by atoms with Crippen molar-refractivity contribution in [3.63, 3.8) is 0 Å². The van der Waals surface area contributed by atoms with E-state index in [-0.39, 0.29) is 0 Å². The van der Waals surface area contributed by atoms with E-state index in [0.717, 1.165) is 11.3 Å². The van der Waals surface area contributed by atoms with Gasteiger partial charge in [0.15, 0.2) is 0 Å². The molecule has 0 amide bonds. The number of aliphatic imine (C=N–C) groups is 1. The van der Waals surface area contributed by atoms with Crippen molar-refractivity contribution in [1.82, 2.24) is 0 Å². The van der Waals surface area contributed by atoms with Crippen molar-refractivity contribution in [2.75, 3.05) is 0 Å². The lowest BCUT2D eigenvalue weighted by Crippen LogP contribution is -1.86. The number of nitrogens with zero attached hydrogens (tertiary/aromatic N) is 1. The molecule has 1 N–H and O–H groups in total. The summed E-state index contributed by atoms with van der Waals surface area (Å²) < 4.78 is 0. The first-order valence-corrected chi connectivity index (χ1v) is 4.55. The fourth-order valence-corrected chi connectivity index (χ4v) is 1.15. The van der Waals surface area contributed by atoms with E-state index >= 15 is 0 Å². The van der Waals surface area contributed by atoms with Crippen LogP contribution < -0.4 is 0 Å². The Hall–Kier alpha value is -1.70. The van der Waals surface area contributed by atoms with Gasteiger partial charge in [0, 0.05) is 17.5 Å². The third-order valence-electron chi connectivity index (χ3n) is 1.69. The van der Waals surface area contributed by atoms with Gasteiger partial charge in [0.05, 0.1) is 5.70 Å². The van der Waals surface area contributed by atoms with E-state index in [1.807, 2.05) is 37.3 Å². The molecule has 0 aliphatic rings. The molecule has 0 heterocycles. The average molecular weight is 186 g/mol. The van der Waals surface area contributed by atoms with Crippen molar-refractivity contribution in [3.8, 4) is 0 Å². The third kappa shape index (κ3) is 2.98. The Morgan fingerprint density at radius 2 is 1.93 bits per heavy atom. The van der Waals surface area contributed by atoms with Crippen LogP contribution >= 0.6 is 0 Å². The Morgan fingerprint density at radius 1 is 1.29 bits per heavy atom. The highest BCUT2D eigenvalue weighted by molar-refractivity contribution is 5.97. The molecule has 0 aliphatic heterocycles. The SMILES string of the molecule is CC=N/C(=C\C(C)=N)c1ccccc1. The van der Waals surface area contributed by atoms with Crippen molar-refractivity contribution in [1.29, 1.82) is 5.41 Å². The molecule has 0 saturated carbocycles. The molecule has 0 atom stereocenters. The van der Waals surface area contributed by atoms with Crippen LogP contribution in [0.15, 0.2) is 41.4 Å².